The van der Waals surface area contributed by atoms with Crippen molar-refractivity contribution >= 4 is 11.7 Å². The first kappa shape index (κ1) is 22.1. The van der Waals surface area contributed by atoms with Crippen LogP contribution in [0, 0.1) is 5.41 Å². The van der Waals surface area contributed by atoms with Gasteiger partial charge in [-0.05, 0) is 36.6 Å². The Bertz CT molecular complexity index is 948. The molecule has 4 rings (SSSR count). The maximum Gasteiger partial charge on any atom is 0.220 e. The molecule has 0 bridgehead atoms. The van der Waals surface area contributed by atoms with Gasteiger partial charge in [0.05, 0.1) is 6.61 Å². The van der Waals surface area contributed by atoms with E-state index in [2.05, 4.69) is 5.32 Å². The van der Waals surface area contributed by atoms with Crippen molar-refractivity contribution in [3.8, 4) is 5.75 Å². The smallest absolute Gasteiger partial charge is 0.220 e. The summed E-state index contributed by atoms with van der Waals surface area (Å²) in [5, 5.41) is 10.5. The lowest BCUT2D eigenvalue weighted by molar-refractivity contribution is -0.121. The molecule has 4 N–H and O–H groups in total. The summed E-state index contributed by atoms with van der Waals surface area (Å²) in [7, 11) is 0. The molecule has 3 aromatic carbocycles. The molecule has 1 unspecified atom stereocenters. The van der Waals surface area contributed by atoms with E-state index in [1.807, 2.05) is 78.9 Å². The number of benzene rings is 3. The third-order valence-electron chi connectivity index (χ3n) is 5.17. The summed E-state index contributed by atoms with van der Waals surface area (Å²) >= 11 is 0. The third-order valence-corrected chi connectivity index (χ3v) is 5.17. The highest BCUT2D eigenvalue weighted by Crippen LogP contribution is 2.36. The second kappa shape index (κ2) is 11.6. The molecule has 0 saturated carbocycles. The Morgan fingerprint density at radius 1 is 1.00 bits per heavy atom. The zero-order valence-electron chi connectivity index (χ0n) is 17.6. The average molecular weight is 416 g/mol. The summed E-state index contributed by atoms with van der Waals surface area (Å²) in [5.41, 5.74) is 8.52. The summed E-state index contributed by atoms with van der Waals surface area (Å²) in [5.74, 6) is 1.21. The highest BCUT2D eigenvalue weighted by molar-refractivity contribution is 5.95. The molecule has 0 spiro atoms. The van der Waals surface area contributed by atoms with Crippen LogP contribution in [0.2, 0.25) is 0 Å². The number of carbonyl (C=O) groups excluding carboxylic acids is 1. The van der Waals surface area contributed by atoms with Gasteiger partial charge < -0.3 is 15.8 Å². The quantitative estimate of drug-likeness (QED) is 0.398. The Balaban J connectivity index is 0.000000391. The van der Waals surface area contributed by atoms with Crippen molar-refractivity contribution in [2.45, 2.75) is 25.2 Å². The van der Waals surface area contributed by atoms with Gasteiger partial charge in [0.1, 0.15) is 11.6 Å². The Morgan fingerprint density at radius 2 is 1.65 bits per heavy atom. The number of nitrogens with two attached hydrogens (primary N) is 1. The molecule has 5 heteroatoms. The van der Waals surface area contributed by atoms with Crippen molar-refractivity contribution in [2.75, 3.05) is 13.2 Å². The van der Waals surface area contributed by atoms with Crippen LogP contribution in [0.1, 0.15) is 35.4 Å². The summed E-state index contributed by atoms with van der Waals surface area (Å²) in [6.07, 6.45) is 2.06. The third kappa shape index (κ3) is 7.00. The van der Waals surface area contributed by atoms with Crippen LogP contribution in [0.5, 0.6) is 5.75 Å². The van der Waals surface area contributed by atoms with E-state index >= 15 is 0 Å². The van der Waals surface area contributed by atoms with Crippen LogP contribution >= 0.6 is 0 Å². The van der Waals surface area contributed by atoms with Crippen LogP contribution < -0.4 is 15.8 Å². The number of amides is 1. The average Bonchev–Trinajstić information content (AvgIpc) is 3.22. The van der Waals surface area contributed by atoms with E-state index in [1.165, 1.54) is 5.56 Å². The molecule has 1 amide bonds. The number of nitrogen functional groups attached to an aromatic ring is 1. The first-order valence-electron chi connectivity index (χ1n) is 10.6. The highest BCUT2D eigenvalue weighted by Gasteiger charge is 2.24. The minimum atomic E-state index is 0.0580. The van der Waals surface area contributed by atoms with Gasteiger partial charge in [0, 0.05) is 30.0 Å². The van der Waals surface area contributed by atoms with Gasteiger partial charge in [0.15, 0.2) is 0 Å². The predicted molar refractivity (Wildman–Crippen MR) is 125 cm³/mol. The number of rotatable bonds is 7. The largest absolute Gasteiger partial charge is 0.493 e. The molecule has 31 heavy (non-hydrogen) atoms. The monoisotopic (exact) mass is 415 g/mol. The van der Waals surface area contributed by atoms with Gasteiger partial charge in [0.25, 0.3) is 0 Å². The Hall–Kier alpha value is -3.60. The lowest BCUT2D eigenvalue weighted by Gasteiger charge is -2.11. The van der Waals surface area contributed by atoms with Gasteiger partial charge in [-0.15, -0.1) is 0 Å². The Labute approximate surface area is 183 Å². The molecule has 0 fully saturated rings. The van der Waals surface area contributed by atoms with E-state index < -0.39 is 0 Å². The van der Waals surface area contributed by atoms with Gasteiger partial charge >= 0.3 is 0 Å². The lowest BCUT2D eigenvalue weighted by Crippen LogP contribution is -2.26. The standard InChI is InChI=1S/C20H23N3O2.C6H6/c21-20(22)15-7-8-18-17(12-15)16(13-25-18)10-11-23-19(24)9-6-14-4-2-1-3-5-14;1-2-4-6-5-3-1/h1-5,7-8,12,16H,6,9-11,13H2,(H3,21,22)(H,23,24);1-6H. The Morgan fingerprint density at radius 3 is 2.29 bits per heavy atom. The molecule has 0 saturated heterocycles. The van der Waals surface area contributed by atoms with Crippen LogP contribution in [0.15, 0.2) is 84.9 Å². The normalized spacial score (nSPS) is 13.9. The molecule has 3 aromatic rings. The van der Waals surface area contributed by atoms with Crippen molar-refractivity contribution in [2.24, 2.45) is 5.73 Å². The number of fused-ring (bicyclic) bond motifs is 1. The number of hydrogen-bond acceptors (Lipinski definition) is 3. The van der Waals surface area contributed by atoms with Gasteiger partial charge in [-0.3, -0.25) is 10.2 Å². The second-order valence-corrected chi connectivity index (χ2v) is 7.45. The van der Waals surface area contributed by atoms with Gasteiger partial charge in [-0.25, -0.2) is 0 Å². The Kier molecular flexibility index (Phi) is 8.23. The van der Waals surface area contributed by atoms with Crippen LogP contribution in [-0.2, 0) is 11.2 Å². The number of ether oxygens (including phenoxy) is 1. The maximum atomic E-state index is 12.0. The number of aryl methyl sites for hydroxylation is 1. The maximum absolute atomic E-state index is 12.0. The fourth-order valence-electron chi connectivity index (χ4n) is 3.45. The van der Waals surface area contributed by atoms with Crippen molar-refractivity contribution in [1.29, 1.82) is 5.41 Å². The van der Waals surface area contributed by atoms with E-state index in [0.717, 1.165) is 24.2 Å². The summed E-state index contributed by atoms with van der Waals surface area (Å²) < 4.78 is 5.68. The summed E-state index contributed by atoms with van der Waals surface area (Å²) in [6, 6.07) is 27.6. The SMILES string of the molecule is N=C(N)c1ccc2c(c1)C(CCNC(=O)CCc1ccccc1)CO2.c1ccccc1. The van der Waals surface area contributed by atoms with E-state index in [-0.39, 0.29) is 17.7 Å². The number of nitrogens with one attached hydrogen (secondary N) is 2. The van der Waals surface area contributed by atoms with Crippen LogP contribution in [0.25, 0.3) is 0 Å². The molecule has 0 aromatic heterocycles. The van der Waals surface area contributed by atoms with Crippen molar-refractivity contribution in [1.82, 2.24) is 5.32 Å². The molecule has 1 atom stereocenters. The van der Waals surface area contributed by atoms with Crippen molar-refractivity contribution in [3.63, 3.8) is 0 Å². The minimum Gasteiger partial charge on any atom is -0.493 e. The number of hydrogen-bond donors (Lipinski definition) is 3. The van der Waals surface area contributed by atoms with Crippen LogP contribution in [-0.4, -0.2) is 24.9 Å². The molecule has 1 heterocycles. The minimum absolute atomic E-state index is 0.0580. The van der Waals surface area contributed by atoms with Gasteiger partial charge in [-0.1, -0.05) is 66.7 Å². The van der Waals surface area contributed by atoms with E-state index in [4.69, 9.17) is 15.9 Å². The predicted octanol–water partition coefficient (Wildman–Crippen LogP) is 4.27. The topological polar surface area (TPSA) is 88.2 Å². The highest BCUT2D eigenvalue weighted by atomic mass is 16.5. The van der Waals surface area contributed by atoms with E-state index in [0.29, 0.717) is 25.1 Å². The molecule has 160 valence electrons. The molecule has 1 aliphatic rings. The van der Waals surface area contributed by atoms with Crippen molar-refractivity contribution in [3.05, 3.63) is 102 Å². The van der Waals surface area contributed by atoms with Crippen LogP contribution in [0.3, 0.4) is 0 Å². The molecule has 0 radical (unpaired) electrons. The zero-order chi connectivity index (χ0) is 21.9. The fraction of sp³-hybridized carbons (Fsp3) is 0.231. The van der Waals surface area contributed by atoms with Gasteiger partial charge in [0.2, 0.25) is 5.91 Å². The summed E-state index contributed by atoms with van der Waals surface area (Å²) in [6.45, 7) is 1.22. The van der Waals surface area contributed by atoms with Gasteiger partial charge in [-0.2, -0.15) is 0 Å². The van der Waals surface area contributed by atoms with E-state index in [1.54, 1.807) is 6.07 Å². The molecular weight excluding hydrogens is 386 g/mol. The van der Waals surface area contributed by atoms with Crippen LogP contribution in [0.4, 0.5) is 0 Å². The first-order chi connectivity index (χ1) is 15.1. The number of carbonyl (C=O) groups is 1. The summed E-state index contributed by atoms with van der Waals surface area (Å²) in [4.78, 5) is 12.0. The number of amidine groups is 1. The molecule has 0 aliphatic carbocycles. The van der Waals surface area contributed by atoms with E-state index in [9.17, 15) is 4.79 Å². The van der Waals surface area contributed by atoms with Crippen molar-refractivity contribution < 1.29 is 9.53 Å². The second-order valence-electron chi connectivity index (χ2n) is 7.45. The first-order valence-corrected chi connectivity index (χ1v) is 10.6. The molecule has 1 aliphatic heterocycles. The molecule has 5 nitrogen and oxygen atoms in total. The molecular formula is C26H29N3O2. The fourth-order valence-corrected chi connectivity index (χ4v) is 3.45. The zero-order valence-corrected chi connectivity index (χ0v) is 17.6. The lowest BCUT2D eigenvalue weighted by atomic mass is 9.96.